The third-order valence-corrected chi connectivity index (χ3v) is 3.10. The first kappa shape index (κ1) is 13.3. The molecule has 1 rings (SSSR count). The van der Waals surface area contributed by atoms with Crippen LogP contribution in [0.1, 0.15) is 35.9 Å². The number of amides is 1. The molecule has 1 heterocycles. The number of furan rings is 1. The highest BCUT2D eigenvalue weighted by Crippen LogP contribution is 2.10. The molecule has 1 N–H and O–H groups in total. The number of rotatable bonds is 6. The van der Waals surface area contributed by atoms with Crippen molar-refractivity contribution in [1.82, 2.24) is 5.32 Å². The van der Waals surface area contributed by atoms with Gasteiger partial charge in [-0.3, -0.25) is 4.79 Å². The zero-order valence-electron chi connectivity index (χ0n) is 9.75. The zero-order valence-corrected chi connectivity index (χ0v) is 11.3. The highest BCUT2D eigenvalue weighted by atomic mass is 79.9. The van der Waals surface area contributed by atoms with E-state index in [2.05, 4.69) is 28.2 Å². The minimum absolute atomic E-state index is 0.0510. The van der Waals surface area contributed by atoms with E-state index >= 15 is 0 Å². The molecule has 0 aliphatic carbocycles. The van der Waals surface area contributed by atoms with Crippen molar-refractivity contribution >= 4 is 21.8 Å². The summed E-state index contributed by atoms with van der Waals surface area (Å²) in [5, 5.41) is 3.91. The maximum absolute atomic E-state index is 11.7. The number of halogens is 1. The van der Waals surface area contributed by atoms with Crippen LogP contribution in [-0.4, -0.2) is 17.8 Å². The Morgan fingerprint density at radius 3 is 2.88 bits per heavy atom. The lowest BCUT2D eigenvalue weighted by molar-refractivity contribution is 0.0946. The molecular formula is C12H18BrNO2. The second-order valence-corrected chi connectivity index (χ2v) is 4.70. The summed E-state index contributed by atoms with van der Waals surface area (Å²) in [5.74, 6) is 1.25. The Morgan fingerprint density at radius 2 is 2.38 bits per heavy atom. The largest absolute Gasteiger partial charge is 0.469 e. The molecule has 1 aromatic rings. The molecule has 1 unspecified atom stereocenters. The quantitative estimate of drug-likeness (QED) is 0.817. The van der Waals surface area contributed by atoms with E-state index in [0.717, 1.165) is 30.5 Å². The molecule has 4 heteroatoms. The van der Waals surface area contributed by atoms with Crippen LogP contribution < -0.4 is 5.32 Å². The fraction of sp³-hybridized carbons (Fsp3) is 0.583. The van der Waals surface area contributed by atoms with E-state index in [1.165, 1.54) is 6.26 Å². The van der Waals surface area contributed by atoms with Crippen LogP contribution in [0, 0.1) is 12.8 Å². The van der Waals surface area contributed by atoms with Crippen LogP contribution in [0.3, 0.4) is 0 Å². The molecule has 1 atom stereocenters. The summed E-state index contributed by atoms with van der Waals surface area (Å²) < 4.78 is 5.10. The number of carbonyl (C=O) groups is 1. The van der Waals surface area contributed by atoms with Gasteiger partial charge in [0, 0.05) is 11.9 Å². The molecule has 0 bridgehead atoms. The molecule has 16 heavy (non-hydrogen) atoms. The zero-order chi connectivity index (χ0) is 12.0. The molecule has 0 radical (unpaired) electrons. The monoisotopic (exact) mass is 287 g/mol. The Morgan fingerprint density at radius 1 is 1.62 bits per heavy atom. The van der Waals surface area contributed by atoms with E-state index in [1.807, 2.05) is 6.92 Å². The molecule has 0 aromatic carbocycles. The van der Waals surface area contributed by atoms with Crippen LogP contribution in [0.25, 0.3) is 0 Å². The van der Waals surface area contributed by atoms with Crippen molar-refractivity contribution in [3.8, 4) is 0 Å². The van der Waals surface area contributed by atoms with Crippen molar-refractivity contribution in [2.45, 2.75) is 26.7 Å². The molecule has 0 spiro atoms. The minimum Gasteiger partial charge on any atom is -0.469 e. The average molecular weight is 288 g/mol. The highest BCUT2D eigenvalue weighted by molar-refractivity contribution is 9.09. The van der Waals surface area contributed by atoms with Gasteiger partial charge in [-0.1, -0.05) is 29.3 Å². The maximum atomic E-state index is 11.7. The van der Waals surface area contributed by atoms with Gasteiger partial charge < -0.3 is 9.73 Å². The van der Waals surface area contributed by atoms with Gasteiger partial charge in [-0.25, -0.2) is 0 Å². The lowest BCUT2D eigenvalue weighted by atomic mass is 10.0. The summed E-state index contributed by atoms with van der Waals surface area (Å²) in [5.41, 5.74) is 0.603. The first-order chi connectivity index (χ1) is 7.67. The molecule has 0 saturated heterocycles. The first-order valence-corrected chi connectivity index (χ1v) is 6.68. The second kappa shape index (κ2) is 6.74. The Balaban J connectivity index is 2.40. The van der Waals surface area contributed by atoms with E-state index in [9.17, 15) is 4.79 Å². The van der Waals surface area contributed by atoms with E-state index in [4.69, 9.17) is 4.42 Å². The summed E-state index contributed by atoms with van der Waals surface area (Å²) in [7, 11) is 0. The average Bonchev–Trinajstić information content (AvgIpc) is 2.70. The number of hydrogen-bond acceptors (Lipinski definition) is 2. The standard InChI is InChI=1S/C12H18BrNO2/c1-3-10(4-5-13)7-14-12(15)11-6-9(2)16-8-11/h6,8,10H,3-5,7H2,1-2H3,(H,14,15). The molecule has 90 valence electrons. The predicted molar refractivity (Wildman–Crippen MR) is 68.0 cm³/mol. The van der Waals surface area contributed by atoms with Crippen LogP contribution >= 0.6 is 15.9 Å². The summed E-state index contributed by atoms with van der Waals surface area (Å²) in [6.45, 7) is 4.70. The molecule has 0 aliphatic heterocycles. The van der Waals surface area contributed by atoms with Crippen molar-refractivity contribution < 1.29 is 9.21 Å². The second-order valence-electron chi connectivity index (χ2n) is 3.91. The number of carbonyl (C=O) groups excluding carboxylic acids is 1. The van der Waals surface area contributed by atoms with Crippen molar-refractivity contribution in [3.05, 3.63) is 23.7 Å². The molecule has 1 aromatic heterocycles. The highest BCUT2D eigenvalue weighted by Gasteiger charge is 2.11. The van der Waals surface area contributed by atoms with Crippen LogP contribution in [-0.2, 0) is 0 Å². The number of nitrogens with one attached hydrogen (secondary N) is 1. The molecule has 0 aliphatic rings. The Hall–Kier alpha value is -0.770. The Bertz CT molecular complexity index is 336. The molecule has 0 fully saturated rings. The van der Waals surface area contributed by atoms with Gasteiger partial charge in [0.15, 0.2) is 0 Å². The third kappa shape index (κ3) is 4.00. The molecule has 1 amide bonds. The number of aryl methyl sites for hydroxylation is 1. The van der Waals surface area contributed by atoms with Crippen LogP contribution in [0.2, 0.25) is 0 Å². The minimum atomic E-state index is -0.0510. The van der Waals surface area contributed by atoms with Gasteiger partial charge in [-0.15, -0.1) is 0 Å². The van der Waals surface area contributed by atoms with E-state index in [1.54, 1.807) is 6.07 Å². The summed E-state index contributed by atoms with van der Waals surface area (Å²) >= 11 is 3.42. The predicted octanol–water partition coefficient (Wildman–Crippen LogP) is 3.13. The van der Waals surface area contributed by atoms with Gasteiger partial charge in [0.25, 0.3) is 5.91 Å². The summed E-state index contributed by atoms with van der Waals surface area (Å²) in [6, 6.07) is 1.75. The van der Waals surface area contributed by atoms with E-state index < -0.39 is 0 Å². The summed E-state index contributed by atoms with van der Waals surface area (Å²) in [4.78, 5) is 11.7. The van der Waals surface area contributed by atoms with Gasteiger partial charge in [0.2, 0.25) is 0 Å². The van der Waals surface area contributed by atoms with E-state index in [0.29, 0.717) is 11.5 Å². The van der Waals surface area contributed by atoms with Gasteiger partial charge in [-0.05, 0) is 25.3 Å². The van der Waals surface area contributed by atoms with E-state index in [-0.39, 0.29) is 5.91 Å². The molecular weight excluding hydrogens is 270 g/mol. The van der Waals surface area contributed by atoms with Gasteiger partial charge in [0.05, 0.1) is 5.56 Å². The van der Waals surface area contributed by atoms with Gasteiger partial charge in [0.1, 0.15) is 12.0 Å². The molecule has 0 saturated carbocycles. The molecule has 3 nitrogen and oxygen atoms in total. The van der Waals surface area contributed by atoms with Crippen LogP contribution in [0.4, 0.5) is 0 Å². The Labute approximate surface area is 105 Å². The third-order valence-electron chi connectivity index (χ3n) is 2.64. The van der Waals surface area contributed by atoms with Crippen molar-refractivity contribution in [2.75, 3.05) is 11.9 Å². The Kier molecular flexibility index (Phi) is 5.60. The van der Waals surface area contributed by atoms with Crippen LogP contribution in [0.15, 0.2) is 16.7 Å². The number of hydrogen-bond donors (Lipinski definition) is 1. The smallest absolute Gasteiger partial charge is 0.254 e. The van der Waals surface area contributed by atoms with Gasteiger partial charge >= 0.3 is 0 Å². The topological polar surface area (TPSA) is 42.2 Å². The summed E-state index contributed by atoms with van der Waals surface area (Å²) in [6.07, 6.45) is 3.66. The van der Waals surface area contributed by atoms with Crippen molar-refractivity contribution in [2.24, 2.45) is 5.92 Å². The van der Waals surface area contributed by atoms with Crippen LogP contribution in [0.5, 0.6) is 0 Å². The van der Waals surface area contributed by atoms with Gasteiger partial charge in [-0.2, -0.15) is 0 Å². The van der Waals surface area contributed by atoms with Crippen molar-refractivity contribution in [1.29, 1.82) is 0 Å². The normalized spacial score (nSPS) is 12.4. The fourth-order valence-corrected chi connectivity index (χ4v) is 2.15. The maximum Gasteiger partial charge on any atom is 0.254 e. The first-order valence-electron chi connectivity index (χ1n) is 5.56. The fourth-order valence-electron chi connectivity index (χ4n) is 1.51. The van der Waals surface area contributed by atoms with Crippen molar-refractivity contribution in [3.63, 3.8) is 0 Å². The SMILES string of the molecule is CCC(CCBr)CNC(=O)c1coc(C)c1. The lowest BCUT2D eigenvalue weighted by Crippen LogP contribution is -2.29. The lowest BCUT2D eigenvalue weighted by Gasteiger charge is -2.13. The number of alkyl halides is 1.